The van der Waals surface area contributed by atoms with E-state index in [0.717, 1.165) is 19.4 Å². The van der Waals surface area contributed by atoms with E-state index in [-0.39, 0.29) is 6.10 Å². The van der Waals surface area contributed by atoms with Crippen LogP contribution >= 0.6 is 0 Å². The van der Waals surface area contributed by atoms with Crippen molar-refractivity contribution in [2.75, 3.05) is 6.54 Å². The average molecular weight is 231 g/mol. The molecule has 0 bridgehead atoms. The molecule has 0 aromatic heterocycles. The number of aliphatic hydroxyl groups is 1. The molecular weight excluding hydrogens is 210 g/mol. The number of nitrogens with one attached hydrogen (secondary N) is 1. The Morgan fingerprint density at radius 2 is 2.18 bits per heavy atom. The van der Waals surface area contributed by atoms with Gasteiger partial charge in [0.1, 0.15) is 0 Å². The lowest BCUT2D eigenvalue weighted by atomic mass is 9.82. The van der Waals surface area contributed by atoms with E-state index < -0.39 is 0 Å². The molecule has 2 nitrogen and oxygen atoms in total. The van der Waals surface area contributed by atoms with Crippen LogP contribution in [0.4, 0.5) is 0 Å². The van der Waals surface area contributed by atoms with E-state index in [2.05, 4.69) is 30.4 Å². The lowest BCUT2D eigenvalue weighted by molar-refractivity contribution is 0.0418. The predicted molar refractivity (Wildman–Crippen MR) is 69.0 cm³/mol. The molecule has 0 aliphatic heterocycles. The van der Waals surface area contributed by atoms with Crippen molar-refractivity contribution in [3.05, 3.63) is 34.9 Å². The smallest absolute Gasteiger partial charge is 0.0546 e. The van der Waals surface area contributed by atoms with E-state index in [1.165, 1.54) is 29.5 Å². The molecule has 1 aromatic rings. The van der Waals surface area contributed by atoms with Gasteiger partial charge in [-0.25, -0.2) is 0 Å². The third kappa shape index (κ3) is 2.24. The molecule has 2 heteroatoms. The Morgan fingerprint density at radius 3 is 2.94 bits per heavy atom. The fraction of sp³-hybridized carbons (Fsp3) is 0.600. The third-order valence-electron chi connectivity index (χ3n) is 4.24. The van der Waals surface area contributed by atoms with Crippen LogP contribution in [0.15, 0.2) is 18.2 Å². The van der Waals surface area contributed by atoms with Gasteiger partial charge in [-0.1, -0.05) is 23.8 Å². The van der Waals surface area contributed by atoms with Gasteiger partial charge in [-0.05, 0) is 56.2 Å². The number of fused-ring (bicyclic) bond motifs is 1. The summed E-state index contributed by atoms with van der Waals surface area (Å²) in [6, 6.07) is 7.36. The van der Waals surface area contributed by atoms with Crippen LogP contribution in [0.3, 0.4) is 0 Å². The maximum atomic E-state index is 9.28. The molecule has 0 radical (unpaired) electrons. The molecule has 2 aliphatic carbocycles. The highest BCUT2D eigenvalue weighted by molar-refractivity contribution is 5.37. The maximum absolute atomic E-state index is 9.28. The van der Waals surface area contributed by atoms with Gasteiger partial charge in [0, 0.05) is 6.04 Å². The largest absolute Gasteiger partial charge is 0.393 e. The van der Waals surface area contributed by atoms with Crippen molar-refractivity contribution in [1.82, 2.24) is 5.32 Å². The SMILES string of the molecule is Cc1ccc2c(c1)C(NCC1CC(O)C1)CC2. The molecule has 2 aliphatic rings. The van der Waals surface area contributed by atoms with Crippen LogP contribution in [0.1, 0.15) is 42.0 Å². The van der Waals surface area contributed by atoms with Gasteiger partial charge in [-0.15, -0.1) is 0 Å². The molecule has 1 aromatic carbocycles. The number of hydrogen-bond donors (Lipinski definition) is 2. The molecule has 92 valence electrons. The second-order valence-corrected chi connectivity index (χ2v) is 5.69. The Labute approximate surface area is 103 Å². The highest BCUT2D eigenvalue weighted by Crippen LogP contribution is 2.33. The van der Waals surface area contributed by atoms with Crippen LogP contribution in [-0.4, -0.2) is 17.8 Å². The molecule has 1 atom stereocenters. The molecule has 3 rings (SSSR count). The Hall–Kier alpha value is -0.860. The van der Waals surface area contributed by atoms with Crippen molar-refractivity contribution in [3.8, 4) is 0 Å². The molecule has 1 fully saturated rings. The zero-order valence-electron chi connectivity index (χ0n) is 10.4. The van der Waals surface area contributed by atoms with Crippen LogP contribution < -0.4 is 5.32 Å². The Kier molecular flexibility index (Phi) is 2.93. The van der Waals surface area contributed by atoms with Gasteiger partial charge in [0.2, 0.25) is 0 Å². The first-order chi connectivity index (χ1) is 8.22. The maximum Gasteiger partial charge on any atom is 0.0546 e. The Balaban J connectivity index is 1.61. The van der Waals surface area contributed by atoms with E-state index in [4.69, 9.17) is 0 Å². The van der Waals surface area contributed by atoms with Gasteiger partial charge < -0.3 is 10.4 Å². The highest BCUT2D eigenvalue weighted by Gasteiger charge is 2.29. The van der Waals surface area contributed by atoms with Crippen LogP contribution in [-0.2, 0) is 6.42 Å². The molecule has 1 unspecified atom stereocenters. The van der Waals surface area contributed by atoms with Crippen LogP contribution in [0, 0.1) is 12.8 Å². The molecule has 1 saturated carbocycles. The molecule has 0 amide bonds. The summed E-state index contributed by atoms with van der Waals surface area (Å²) < 4.78 is 0. The summed E-state index contributed by atoms with van der Waals surface area (Å²) in [5.74, 6) is 0.693. The average Bonchev–Trinajstić information content (AvgIpc) is 2.65. The van der Waals surface area contributed by atoms with Gasteiger partial charge in [0.05, 0.1) is 6.10 Å². The van der Waals surface area contributed by atoms with E-state index >= 15 is 0 Å². The van der Waals surface area contributed by atoms with E-state index in [9.17, 15) is 5.11 Å². The molecule has 2 N–H and O–H groups in total. The summed E-state index contributed by atoms with van der Waals surface area (Å²) in [6.45, 7) is 3.23. The van der Waals surface area contributed by atoms with Crippen molar-refractivity contribution in [2.24, 2.45) is 5.92 Å². The molecule has 0 heterocycles. The predicted octanol–water partition coefficient (Wildman–Crippen LogP) is 2.34. The Morgan fingerprint density at radius 1 is 1.35 bits per heavy atom. The summed E-state index contributed by atoms with van der Waals surface area (Å²) >= 11 is 0. The lowest BCUT2D eigenvalue weighted by Gasteiger charge is -2.32. The standard InChI is InChI=1S/C15H21NO/c1-10-2-3-12-4-5-15(14(12)6-10)16-9-11-7-13(17)8-11/h2-3,6,11,13,15-17H,4-5,7-9H2,1H3. The van der Waals surface area contributed by atoms with E-state index in [0.29, 0.717) is 12.0 Å². The number of aliphatic hydroxyl groups excluding tert-OH is 1. The fourth-order valence-electron chi connectivity index (χ4n) is 3.11. The minimum Gasteiger partial charge on any atom is -0.393 e. The Bertz CT molecular complexity index is 409. The first kappa shape index (κ1) is 11.2. The monoisotopic (exact) mass is 231 g/mol. The van der Waals surface area contributed by atoms with Gasteiger partial charge in [0.25, 0.3) is 0 Å². The zero-order valence-corrected chi connectivity index (χ0v) is 10.4. The van der Waals surface area contributed by atoms with Gasteiger partial charge in [0.15, 0.2) is 0 Å². The summed E-state index contributed by atoms with van der Waals surface area (Å²) in [5, 5.41) is 13.0. The zero-order chi connectivity index (χ0) is 11.8. The van der Waals surface area contributed by atoms with E-state index in [1.807, 2.05) is 0 Å². The number of rotatable bonds is 3. The van der Waals surface area contributed by atoms with Gasteiger partial charge in [-0.2, -0.15) is 0 Å². The molecular formula is C15H21NO. The second kappa shape index (κ2) is 4.43. The third-order valence-corrected chi connectivity index (χ3v) is 4.24. The first-order valence-electron chi connectivity index (χ1n) is 6.73. The van der Waals surface area contributed by atoms with Crippen LogP contribution in [0.25, 0.3) is 0 Å². The highest BCUT2D eigenvalue weighted by atomic mass is 16.3. The van der Waals surface area contributed by atoms with Crippen molar-refractivity contribution in [1.29, 1.82) is 0 Å². The van der Waals surface area contributed by atoms with Crippen molar-refractivity contribution < 1.29 is 5.11 Å². The molecule has 0 spiro atoms. The van der Waals surface area contributed by atoms with Crippen molar-refractivity contribution in [3.63, 3.8) is 0 Å². The van der Waals surface area contributed by atoms with E-state index in [1.54, 1.807) is 0 Å². The first-order valence-corrected chi connectivity index (χ1v) is 6.73. The normalized spacial score (nSPS) is 31.1. The van der Waals surface area contributed by atoms with Crippen LogP contribution in [0.5, 0.6) is 0 Å². The molecule has 0 saturated heterocycles. The van der Waals surface area contributed by atoms with Crippen LogP contribution in [0.2, 0.25) is 0 Å². The summed E-state index contributed by atoms with van der Waals surface area (Å²) in [7, 11) is 0. The van der Waals surface area contributed by atoms with Crippen molar-refractivity contribution in [2.45, 2.75) is 44.8 Å². The minimum absolute atomic E-state index is 0.0279. The topological polar surface area (TPSA) is 32.3 Å². The second-order valence-electron chi connectivity index (χ2n) is 5.69. The number of hydrogen-bond acceptors (Lipinski definition) is 2. The minimum atomic E-state index is -0.0279. The van der Waals surface area contributed by atoms with Crippen molar-refractivity contribution >= 4 is 0 Å². The summed E-state index contributed by atoms with van der Waals surface area (Å²) in [6.07, 6.45) is 4.38. The quantitative estimate of drug-likeness (QED) is 0.837. The van der Waals surface area contributed by atoms with Gasteiger partial charge in [-0.3, -0.25) is 0 Å². The number of benzene rings is 1. The fourth-order valence-corrected chi connectivity index (χ4v) is 3.11. The summed E-state index contributed by atoms with van der Waals surface area (Å²) in [4.78, 5) is 0. The lowest BCUT2D eigenvalue weighted by Crippen LogP contribution is -2.37. The summed E-state index contributed by atoms with van der Waals surface area (Å²) in [5.41, 5.74) is 4.38. The number of aryl methyl sites for hydroxylation is 2. The van der Waals surface area contributed by atoms with Gasteiger partial charge >= 0.3 is 0 Å². The molecule has 17 heavy (non-hydrogen) atoms.